The van der Waals surface area contributed by atoms with Crippen LogP contribution in [0.25, 0.3) is 5.65 Å². The van der Waals surface area contributed by atoms with Gasteiger partial charge in [0.25, 0.3) is 5.91 Å². The number of likely N-dealkylation sites (tertiary alicyclic amines) is 1. The van der Waals surface area contributed by atoms with Gasteiger partial charge in [-0.1, -0.05) is 11.6 Å². The van der Waals surface area contributed by atoms with E-state index < -0.39 is 5.60 Å². The average molecular weight is 349 g/mol. The third-order valence-corrected chi connectivity index (χ3v) is 4.83. The van der Waals surface area contributed by atoms with Gasteiger partial charge in [0.2, 0.25) is 0 Å². The second-order valence-electron chi connectivity index (χ2n) is 6.48. The Balaban J connectivity index is 1.58. The second kappa shape index (κ2) is 5.37. The lowest BCUT2D eigenvalue weighted by atomic mass is 9.92. The van der Waals surface area contributed by atoms with E-state index in [1.165, 1.54) is 0 Å². The highest BCUT2D eigenvalue weighted by atomic mass is 35.5. The Hall–Kier alpha value is -2.28. The van der Waals surface area contributed by atoms with E-state index in [2.05, 4.69) is 4.98 Å². The Morgan fingerprint density at radius 2 is 2.17 bits per heavy atom. The van der Waals surface area contributed by atoms with Crippen molar-refractivity contribution in [3.05, 3.63) is 35.2 Å². The summed E-state index contributed by atoms with van der Waals surface area (Å²) in [6, 6.07) is 3.51. The number of aromatic nitrogens is 2. The SMILES string of the molecule is CN1C[C@]2(CCCN(C(=O)c3cn4cc(Cl)ccc4n3)C2)OC1=O. The molecule has 0 aliphatic carbocycles. The molecule has 2 amide bonds. The Morgan fingerprint density at radius 3 is 2.92 bits per heavy atom. The summed E-state index contributed by atoms with van der Waals surface area (Å²) in [7, 11) is 1.71. The lowest BCUT2D eigenvalue weighted by molar-refractivity contribution is -0.00538. The predicted molar refractivity (Wildman–Crippen MR) is 87.2 cm³/mol. The third-order valence-electron chi connectivity index (χ3n) is 4.60. The first kappa shape index (κ1) is 15.3. The van der Waals surface area contributed by atoms with Gasteiger partial charge in [0.05, 0.1) is 18.1 Å². The molecule has 126 valence electrons. The molecule has 0 bridgehead atoms. The van der Waals surface area contributed by atoms with Crippen LogP contribution in [0.1, 0.15) is 23.3 Å². The number of likely N-dealkylation sites (N-methyl/N-ethyl adjacent to an activating group) is 1. The van der Waals surface area contributed by atoms with Crippen LogP contribution in [0, 0.1) is 0 Å². The number of fused-ring (bicyclic) bond motifs is 1. The van der Waals surface area contributed by atoms with Gasteiger partial charge < -0.3 is 18.9 Å². The van der Waals surface area contributed by atoms with E-state index in [0.29, 0.717) is 36.0 Å². The van der Waals surface area contributed by atoms with Crippen molar-refractivity contribution in [1.29, 1.82) is 0 Å². The summed E-state index contributed by atoms with van der Waals surface area (Å²) in [5.74, 6) is -0.153. The van der Waals surface area contributed by atoms with E-state index in [-0.39, 0.29) is 12.0 Å². The van der Waals surface area contributed by atoms with Crippen LogP contribution >= 0.6 is 11.6 Å². The fourth-order valence-corrected chi connectivity index (χ4v) is 3.67. The highest BCUT2D eigenvalue weighted by Gasteiger charge is 2.47. The van der Waals surface area contributed by atoms with E-state index in [1.807, 2.05) is 0 Å². The molecule has 8 heteroatoms. The van der Waals surface area contributed by atoms with Gasteiger partial charge in [-0.15, -0.1) is 0 Å². The van der Waals surface area contributed by atoms with Gasteiger partial charge in [0.1, 0.15) is 16.9 Å². The maximum atomic E-state index is 12.8. The van der Waals surface area contributed by atoms with Gasteiger partial charge in [-0.3, -0.25) is 4.79 Å². The Kier molecular flexibility index (Phi) is 3.42. The molecule has 0 aromatic carbocycles. The monoisotopic (exact) mass is 348 g/mol. The molecular formula is C16H17ClN4O3. The van der Waals surface area contributed by atoms with E-state index in [0.717, 1.165) is 12.8 Å². The minimum absolute atomic E-state index is 0.153. The van der Waals surface area contributed by atoms with Crippen LogP contribution in [-0.4, -0.2) is 63.5 Å². The second-order valence-corrected chi connectivity index (χ2v) is 6.91. The van der Waals surface area contributed by atoms with Crippen LogP contribution in [0.5, 0.6) is 0 Å². The number of piperidine rings is 1. The van der Waals surface area contributed by atoms with Crippen molar-refractivity contribution in [2.24, 2.45) is 0 Å². The number of carbonyl (C=O) groups is 2. The number of hydrogen-bond acceptors (Lipinski definition) is 4. The highest BCUT2D eigenvalue weighted by Crippen LogP contribution is 2.32. The summed E-state index contributed by atoms with van der Waals surface area (Å²) in [4.78, 5) is 32.2. The molecule has 0 saturated carbocycles. The van der Waals surface area contributed by atoms with E-state index in [1.54, 1.807) is 45.8 Å². The standard InChI is InChI=1S/C16H17ClN4O3/c1-19-9-16(24-15(19)23)5-2-6-20(10-16)14(22)12-8-21-7-11(17)3-4-13(21)18-12/h3-4,7-8H,2,5-6,9-10H2,1H3/t16-/m0/s1. The van der Waals surface area contributed by atoms with Crippen molar-refractivity contribution in [1.82, 2.24) is 19.2 Å². The molecule has 2 aliphatic rings. The Labute approximate surface area is 143 Å². The fraction of sp³-hybridized carbons (Fsp3) is 0.438. The van der Waals surface area contributed by atoms with Crippen molar-refractivity contribution in [3.8, 4) is 0 Å². The van der Waals surface area contributed by atoms with Gasteiger partial charge in [0.15, 0.2) is 0 Å². The number of nitrogens with zero attached hydrogens (tertiary/aromatic N) is 4. The number of halogens is 1. The molecule has 2 aromatic heterocycles. The molecule has 24 heavy (non-hydrogen) atoms. The molecule has 1 spiro atoms. The molecule has 0 radical (unpaired) electrons. The maximum absolute atomic E-state index is 12.8. The number of pyridine rings is 1. The zero-order valence-electron chi connectivity index (χ0n) is 13.2. The molecule has 2 fully saturated rings. The van der Waals surface area contributed by atoms with E-state index in [9.17, 15) is 9.59 Å². The number of imidazole rings is 1. The lowest BCUT2D eigenvalue weighted by Gasteiger charge is -2.38. The van der Waals surface area contributed by atoms with Crippen LogP contribution in [0.2, 0.25) is 5.02 Å². The van der Waals surface area contributed by atoms with Crippen molar-refractivity contribution in [2.45, 2.75) is 18.4 Å². The summed E-state index contributed by atoms with van der Waals surface area (Å²) in [6.07, 6.45) is 4.63. The Bertz CT molecular complexity index is 836. The maximum Gasteiger partial charge on any atom is 0.410 e. The minimum atomic E-state index is -0.595. The van der Waals surface area contributed by atoms with E-state index in [4.69, 9.17) is 16.3 Å². The van der Waals surface area contributed by atoms with Crippen molar-refractivity contribution >= 4 is 29.2 Å². The fourth-order valence-electron chi connectivity index (χ4n) is 3.51. The van der Waals surface area contributed by atoms with Gasteiger partial charge in [-0.05, 0) is 25.0 Å². The van der Waals surface area contributed by atoms with E-state index >= 15 is 0 Å². The molecule has 4 rings (SSSR count). The molecule has 2 aliphatic heterocycles. The topological polar surface area (TPSA) is 67.2 Å². The Morgan fingerprint density at radius 1 is 1.33 bits per heavy atom. The number of carbonyl (C=O) groups excluding carboxylic acids is 2. The first-order chi connectivity index (χ1) is 11.5. The molecule has 0 N–H and O–H groups in total. The number of amides is 2. The summed E-state index contributed by atoms with van der Waals surface area (Å²) >= 11 is 5.97. The summed E-state index contributed by atoms with van der Waals surface area (Å²) in [5, 5.41) is 0.580. The zero-order chi connectivity index (χ0) is 16.9. The first-order valence-corrected chi connectivity index (χ1v) is 8.21. The normalized spacial score (nSPS) is 24.0. The molecule has 4 heterocycles. The van der Waals surface area contributed by atoms with Gasteiger partial charge in [-0.25, -0.2) is 9.78 Å². The van der Waals surface area contributed by atoms with Gasteiger partial charge >= 0.3 is 6.09 Å². The molecule has 7 nitrogen and oxygen atoms in total. The quantitative estimate of drug-likeness (QED) is 0.791. The van der Waals surface area contributed by atoms with Crippen molar-refractivity contribution < 1.29 is 14.3 Å². The van der Waals surface area contributed by atoms with Crippen molar-refractivity contribution in [2.75, 3.05) is 26.7 Å². The number of rotatable bonds is 1. The van der Waals surface area contributed by atoms with Crippen molar-refractivity contribution in [3.63, 3.8) is 0 Å². The van der Waals surface area contributed by atoms with Crippen LogP contribution in [0.4, 0.5) is 4.79 Å². The van der Waals surface area contributed by atoms with Crippen LogP contribution in [0.3, 0.4) is 0 Å². The predicted octanol–water partition coefficient (Wildman–Crippen LogP) is 2.04. The summed E-state index contributed by atoms with van der Waals surface area (Å²) in [6.45, 7) is 1.55. The van der Waals surface area contributed by atoms with Crippen LogP contribution in [-0.2, 0) is 4.74 Å². The number of ether oxygens (including phenoxy) is 1. The molecular weight excluding hydrogens is 332 g/mol. The zero-order valence-corrected chi connectivity index (χ0v) is 14.0. The third kappa shape index (κ3) is 2.49. The highest BCUT2D eigenvalue weighted by molar-refractivity contribution is 6.30. The number of hydrogen-bond donors (Lipinski definition) is 0. The lowest BCUT2D eigenvalue weighted by Crippen LogP contribution is -2.52. The largest absolute Gasteiger partial charge is 0.439 e. The van der Waals surface area contributed by atoms with Crippen LogP contribution < -0.4 is 0 Å². The minimum Gasteiger partial charge on any atom is -0.439 e. The van der Waals surface area contributed by atoms with Crippen LogP contribution in [0.15, 0.2) is 24.5 Å². The van der Waals surface area contributed by atoms with Gasteiger partial charge in [0, 0.05) is 26.0 Å². The molecule has 2 saturated heterocycles. The van der Waals surface area contributed by atoms with Gasteiger partial charge in [-0.2, -0.15) is 0 Å². The molecule has 0 unspecified atom stereocenters. The summed E-state index contributed by atoms with van der Waals surface area (Å²) in [5.41, 5.74) is 0.441. The molecule has 2 aromatic rings. The first-order valence-electron chi connectivity index (χ1n) is 7.83. The molecule has 1 atom stereocenters. The average Bonchev–Trinajstić information content (AvgIpc) is 3.07. The summed E-state index contributed by atoms with van der Waals surface area (Å²) < 4.78 is 7.28. The smallest absolute Gasteiger partial charge is 0.410 e.